The Labute approximate surface area is 173 Å². The second-order valence-electron chi connectivity index (χ2n) is 6.73. The summed E-state index contributed by atoms with van der Waals surface area (Å²) < 4.78 is 4.79. The highest BCUT2D eigenvalue weighted by Gasteiger charge is 2.36. The fourth-order valence-corrected chi connectivity index (χ4v) is 5.09. The number of thioether (sulfide) groups is 1. The fraction of sp³-hybridized carbons (Fsp3) is 0.231. The molecule has 0 bridgehead atoms. The Morgan fingerprint density at radius 1 is 0.714 bits per heavy atom. The molecule has 0 aliphatic heterocycles. The summed E-state index contributed by atoms with van der Waals surface area (Å²) in [5.74, 6) is 1.10. The van der Waals surface area contributed by atoms with Crippen molar-refractivity contribution in [3.8, 4) is 0 Å². The van der Waals surface area contributed by atoms with Gasteiger partial charge in [0.25, 0.3) is 0 Å². The molecular weight excluding hydrogens is 360 g/mol. The molecule has 2 heteroatoms. The van der Waals surface area contributed by atoms with Gasteiger partial charge >= 0.3 is 0 Å². The van der Waals surface area contributed by atoms with Gasteiger partial charge in [0.15, 0.2) is 0 Å². The van der Waals surface area contributed by atoms with Crippen molar-refractivity contribution in [1.29, 1.82) is 0 Å². The Balaban J connectivity index is 1.94. The van der Waals surface area contributed by atoms with Crippen LogP contribution in [0.1, 0.15) is 36.0 Å². The molecule has 0 saturated carbocycles. The van der Waals surface area contributed by atoms with E-state index in [1.807, 2.05) is 11.8 Å². The maximum absolute atomic E-state index is 4.99. The fourth-order valence-electron chi connectivity index (χ4n) is 3.52. The summed E-state index contributed by atoms with van der Waals surface area (Å²) in [4.78, 5) is 0. The topological polar surface area (TPSA) is 9.23 Å². The van der Waals surface area contributed by atoms with Crippen LogP contribution >= 0.6 is 11.8 Å². The lowest BCUT2D eigenvalue weighted by Crippen LogP contribution is -2.26. The molecule has 0 N–H and O–H groups in total. The normalized spacial score (nSPS) is 11.6. The maximum Gasteiger partial charge on any atom is 0.0906 e. The summed E-state index contributed by atoms with van der Waals surface area (Å²) in [6, 6.07) is 32.7. The molecule has 3 rings (SSSR count). The van der Waals surface area contributed by atoms with Crippen molar-refractivity contribution < 1.29 is 4.74 Å². The first kappa shape index (κ1) is 20.3. The molecule has 3 aromatic rings. The van der Waals surface area contributed by atoms with Gasteiger partial charge in [-0.15, -0.1) is 11.8 Å². The average molecular weight is 389 g/mol. The van der Waals surface area contributed by atoms with E-state index < -0.39 is 0 Å². The summed E-state index contributed by atoms with van der Waals surface area (Å²) in [6.45, 7) is 0. The maximum atomic E-state index is 4.99. The Morgan fingerprint density at radius 2 is 1.18 bits per heavy atom. The molecule has 0 spiro atoms. The van der Waals surface area contributed by atoms with Crippen LogP contribution < -0.4 is 0 Å². The third-order valence-electron chi connectivity index (χ3n) is 4.86. The zero-order chi connectivity index (χ0) is 19.5. The molecule has 0 unspecified atom stereocenters. The molecule has 144 valence electrons. The number of ether oxygens (including phenoxy) is 1. The zero-order valence-corrected chi connectivity index (χ0v) is 17.3. The number of methoxy groups -OCH3 is 1. The van der Waals surface area contributed by atoms with Crippen LogP contribution in [0.15, 0.2) is 103 Å². The Bertz CT molecular complexity index is 731. The van der Waals surface area contributed by atoms with Crippen LogP contribution in [0.25, 0.3) is 0 Å². The summed E-state index contributed by atoms with van der Waals surface area (Å²) in [5.41, 5.74) is 3.99. The SMILES string of the molecule is CO/C=C/CCCCSC(c1ccccc1)(c1ccccc1)c1ccccc1. The van der Waals surface area contributed by atoms with Gasteiger partial charge in [-0.3, -0.25) is 0 Å². The largest absolute Gasteiger partial charge is 0.505 e. The van der Waals surface area contributed by atoms with Gasteiger partial charge in [-0.05, 0) is 47.8 Å². The number of hydrogen-bond acceptors (Lipinski definition) is 2. The summed E-state index contributed by atoms with van der Waals surface area (Å²) >= 11 is 2.04. The van der Waals surface area contributed by atoms with Crippen LogP contribution in [-0.4, -0.2) is 12.9 Å². The zero-order valence-electron chi connectivity index (χ0n) is 16.5. The Morgan fingerprint density at radius 3 is 1.61 bits per heavy atom. The highest BCUT2D eigenvalue weighted by Crippen LogP contribution is 2.48. The lowest BCUT2D eigenvalue weighted by molar-refractivity contribution is 0.336. The minimum absolute atomic E-state index is 0.202. The van der Waals surface area contributed by atoms with Crippen molar-refractivity contribution in [2.75, 3.05) is 12.9 Å². The molecule has 0 radical (unpaired) electrons. The van der Waals surface area contributed by atoms with E-state index in [0.717, 1.165) is 12.2 Å². The molecule has 0 amide bonds. The number of benzene rings is 3. The third-order valence-corrected chi connectivity index (χ3v) is 6.49. The molecule has 0 fully saturated rings. The van der Waals surface area contributed by atoms with E-state index in [2.05, 4.69) is 97.1 Å². The second-order valence-corrected chi connectivity index (χ2v) is 8.04. The van der Waals surface area contributed by atoms with Crippen LogP contribution in [0, 0.1) is 0 Å². The van der Waals surface area contributed by atoms with Crippen LogP contribution in [0.4, 0.5) is 0 Å². The van der Waals surface area contributed by atoms with Gasteiger partial charge in [-0.2, -0.15) is 0 Å². The predicted octanol–water partition coefficient (Wildman–Crippen LogP) is 7.04. The molecule has 0 aromatic heterocycles. The van der Waals surface area contributed by atoms with E-state index in [0.29, 0.717) is 0 Å². The number of rotatable bonds is 10. The van der Waals surface area contributed by atoms with Gasteiger partial charge in [0.2, 0.25) is 0 Å². The molecule has 0 aliphatic carbocycles. The molecule has 0 heterocycles. The van der Waals surface area contributed by atoms with Crippen molar-refractivity contribution in [3.05, 3.63) is 120 Å². The van der Waals surface area contributed by atoms with Crippen LogP contribution in [0.2, 0.25) is 0 Å². The van der Waals surface area contributed by atoms with Gasteiger partial charge in [0, 0.05) is 0 Å². The molecule has 28 heavy (non-hydrogen) atoms. The Kier molecular flexibility index (Phi) is 7.81. The second kappa shape index (κ2) is 10.8. The number of allylic oxidation sites excluding steroid dienone is 1. The first-order valence-electron chi connectivity index (χ1n) is 9.86. The molecule has 0 atom stereocenters. The summed E-state index contributed by atoms with van der Waals surface area (Å²) in [7, 11) is 1.69. The molecule has 0 aliphatic rings. The lowest BCUT2D eigenvalue weighted by atomic mass is 9.84. The molecule has 3 aromatic carbocycles. The molecular formula is C26H28OS. The first-order valence-corrected chi connectivity index (χ1v) is 10.8. The molecule has 0 saturated heterocycles. The van der Waals surface area contributed by atoms with E-state index in [-0.39, 0.29) is 4.75 Å². The first-order chi connectivity index (χ1) is 13.9. The van der Waals surface area contributed by atoms with Gasteiger partial charge in [-0.1, -0.05) is 91.0 Å². The quantitative estimate of drug-likeness (QED) is 0.209. The summed E-state index contributed by atoms with van der Waals surface area (Å²) in [6.07, 6.45) is 7.27. The van der Waals surface area contributed by atoms with E-state index >= 15 is 0 Å². The molecule has 1 nitrogen and oxygen atoms in total. The van der Waals surface area contributed by atoms with Crippen LogP contribution in [0.5, 0.6) is 0 Å². The average Bonchev–Trinajstić information content (AvgIpc) is 2.78. The van der Waals surface area contributed by atoms with Crippen molar-refractivity contribution >= 4 is 11.8 Å². The van der Waals surface area contributed by atoms with Crippen molar-refractivity contribution in [2.24, 2.45) is 0 Å². The van der Waals surface area contributed by atoms with E-state index in [1.165, 1.54) is 29.5 Å². The Hall–Kier alpha value is -2.45. The van der Waals surface area contributed by atoms with Crippen LogP contribution in [-0.2, 0) is 9.48 Å². The van der Waals surface area contributed by atoms with Gasteiger partial charge in [0.1, 0.15) is 0 Å². The summed E-state index contributed by atoms with van der Waals surface area (Å²) in [5, 5.41) is 0. The van der Waals surface area contributed by atoms with E-state index in [9.17, 15) is 0 Å². The third kappa shape index (κ3) is 4.88. The van der Waals surface area contributed by atoms with Gasteiger partial charge < -0.3 is 4.74 Å². The van der Waals surface area contributed by atoms with E-state index in [4.69, 9.17) is 4.74 Å². The monoisotopic (exact) mass is 388 g/mol. The van der Waals surface area contributed by atoms with Gasteiger partial charge in [0.05, 0.1) is 18.1 Å². The standard InChI is InChI=1S/C26H28OS/c1-27-21-13-2-3-14-22-28-26(23-15-7-4-8-16-23,24-17-9-5-10-18-24)25-19-11-6-12-20-25/h4-13,15-21H,2-3,14,22H2,1H3/b21-13+. The van der Waals surface area contributed by atoms with Crippen molar-refractivity contribution in [3.63, 3.8) is 0 Å². The highest BCUT2D eigenvalue weighted by atomic mass is 32.2. The highest BCUT2D eigenvalue weighted by molar-refractivity contribution is 8.00. The lowest BCUT2D eigenvalue weighted by Gasteiger charge is -2.35. The number of hydrogen-bond donors (Lipinski definition) is 0. The van der Waals surface area contributed by atoms with E-state index in [1.54, 1.807) is 13.4 Å². The smallest absolute Gasteiger partial charge is 0.0906 e. The van der Waals surface area contributed by atoms with Crippen LogP contribution in [0.3, 0.4) is 0 Å². The number of unbranched alkanes of at least 4 members (excludes halogenated alkanes) is 2. The minimum atomic E-state index is -0.202. The van der Waals surface area contributed by atoms with Gasteiger partial charge in [-0.25, -0.2) is 0 Å². The predicted molar refractivity (Wildman–Crippen MR) is 122 cm³/mol. The van der Waals surface area contributed by atoms with Crippen molar-refractivity contribution in [1.82, 2.24) is 0 Å². The van der Waals surface area contributed by atoms with Crippen molar-refractivity contribution in [2.45, 2.75) is 24.0 Å². The minimum Gasteiger partial charge on any atom is -0.505 e.